The maximum absolute atomic E-state index is 15.2. The van der Waals surface area contributed by atoms with E-state index in [9.17, 15) is 23.5 Å². The lowest BCUT2D eigenvalue weighted by molar-refractivity contribution is -0.0637. The number of allylic oxidation sites excluding steroid dienone is 2. The number of piperazine rings is 1. The number of methoxy groups -OCH3 is 1. The third-order valence-electron chi connectivity index (χ3n) is 17.6. The van der Waals surface area contributed by atoms with Crippen LogP contribution in [-0.2, 0) is 10.0 Å². The molecular formula is C59H76FN8O7S-. The minimum Gasteiger partial charge on any atom is -0.758 e. The van der Waals surface area contributed by atoms with Crippen molar-refractivity contribution in [3.05, 3.63) is 107 Å². The molecule has 5 fully saturated rings. The predicted octanol–water partition coefficient (Wildman–Crippen LogP) is 10.8. The van der Waals surface area contributed by atoms with E-state index in [1.807, 2.05) is 6.92 Å². The number of nitrogens with zero attached hydrogens (tertiary/aromatic N) is 6. The number of ether oxygens (including phenoxy) is 2. The van der Waals surface area contributed by atoms with E-state index in [1.165, 1.54) is 88.2 Å². The van der Waals surface area contributed by atoms with Crippen molar-refractivity contribution in [3.63, 3.8) is 0 Å². The Labute approximate surface area is 448 Å². The van der Waals surface area contributed by atoms with Gasteiger partial charge in [-0.25, -0.2) is 27.5 Å². The number of fused-ring (bicyclic) bond motifs is 1. The molecule has 0 radical (unpaired) electrons. The lowest BCUT2D eigenvalue weighted by atomic mass is 9.59. The topological polar surface area (TPSA) is 176 Å². The van der Waals surface area contributed by atoms with E-state index in [0.717, 1.165) is 89.1 Å². The molecular weight excluding hydrogens is 984 g/mol. The van der Waals surface area contributed by atoms with Crippen molar-refractivity contribution in [2.24, 2.45) is 17.3 Å². The number of halogens is 1. The number of hydrogen-bond acceptors (Lipinski definition) is 14. The molecule has 2 aliphatic heterocycles. The van der Waals surface area contributed by atoms with E-state index < -0.39 is 32.3 Å². The first-order valence-electron chi connectivity index (χ1n) is 27.6. The maximum atomic E-state index is 15.2. The summed E-state index contributed by atoms with van der Waals surface area (Å²) in [5.41, 5.74) is 3.93. The van der Waals surface area contributed by atoms with Crippen LogP contribution < -0.4 is 29.5 Å². The summed E-state index contributed by atoms with van der Waals surface area (Å²) in [5, 5.41) is 26.9. The van der Waals surface area contributed by atoms with E-state index >= 15 is 4.39 Å². The fraction of sp³-hybridized carbons (Fsp3) is 0.542. The molecule has 3 saturated carbocycles. The van der Waals surface area contributed by atoms with Gasteiger partial charge in [-0.05, 0) is 148 Å². The van der Waals surface area contributed by atoms with Gasteiger partial charge in [0.15, 0.2) is 5.75 Å². The lowest BCUT2D eigenvalue weighted by Crippen LogP contribution is -2.60. The van der Waals surface area contributed by atoms with Crippen LogP contribution >= 0.6 is 0 Å². The van der Waals surface area contributed by atoms with Crippen LogP contribution in [0.5, 0.6) is 17.4 Å². The van der Waals surface area contributed by atoms with Gasteiger partial charge in [-0.3, -0.25) is 14.6 Å². The smallest absolute Gasteiger partial charge is 0.268 e. The molecule has 0 unspecified atom stereocenters. The normalized spacial score (nSPS) is 23.5. The summed E-state index contributed by atoms with van der Waals surface area (Å²) in [6, 6.07) is 17.7. The maximum Gasteiger partial charge on any atom is 0.268 e. The van der Waals surface area contributed by atoms with Crippen molar-refractivity contribution >= 4 is 44.5 Å². The first-order chi connectivity index (χ1) is 36.4. The molecule has 1 amide bonds. The fourth-order valence-corrected chi connectivity index (χ4v) is 14.0. The molecule has 1 spiro atoms. The summed E-state index contributed by atoms with van der Waals surface area (Å²) in [5.74, 6) is 0.200. The van der Waals surface area contributed by atoms with Gasteiger partial charge in [0.1, 0.15) is 22.3 Å². The summed E-state index contributed by atoms with van der Waals surface area (Å²) >= 11 is 0. The Morgan fingerprint density at radius 2 is 1.71 bits per heavy atom. The van der Waals surface area contributed by atoms with Crippen LogP contribution in [0.1, 0.15) is 149 Å². The predicted molar refractivity (Wildman–Crippen MR) is 297 cm³/mol. The minimum absolute atomic E-state index is 0.00712. The third kappa shape index (κ3) is 11.5. The van der Waals surface area contributed by atoms with E-state index in [0.29, 0.717) is 53.7 Å². The van der Waals surface area contributed by atoms with Gasteiger partial charge in [0, 0.05) is 81.4 Å². The Hall–Kier alpha value is -5.59. The molecule has 408 valence electrons. The number of benzene rings is 2. The van der Waals surface area contributed by atoms with E-state index in [2.05, 4.69) is 79.4 Å². The molecule has 1 atom stereocenters. The number of carbonyl (C=O) groups excluding carboxylic acids is 1. The Morgan fingerprint density at radius 3 is 2.42 bits per heavy atom. The van der Waals surface area contributed by atoms with Crippen molar-refractivity contribution < 1.29 is 32.2 Å². The van der Waals surface area contributed by atoms with Gasteiger partial charge >= 0.3 is 0 Å². The van der Waals surface area contributed by atoms with Crippen LogP contribution in [0.15, 0.2) is 78.3 Å². The van der Waals surface area contributed by atoms with Crippen molar-refractivity contribution in [2.45, 2.75) is 133 Å². The average Bonchev–Trinajstić information content (AvgIpc) is 3.68. The Bertz CT molecular complexity index is 2930. The first-order valence-corrected chi connectivity index (χ1v) is 29.1. The summed E-state index contributed by atoms with van der Waals surface area (Å²) in [6.45, 7) is 16.9. The Kier molecular flexibility index (Phi) is 15.6. The van der Waals surface area contributed by atoms with E-state index in [4.69, 9.17) is 9.47 Å². The summed E-state index contributed by atoms with van der Waals surface area (Å²) in [6.07, 6.45) is 16.4. The second-order valence-electron chi connectivity index (χ2n) is 23.3. The average molecular weight is 1060 g/mol. The number of aromatic nitrogens is 2. The number of pyridine rings is 2. The number of rotatable bonds is 16. The highest BCUT2D eigenvalue weighted by atomic mass is 32.2. The van der Waals surface area contributed by atoms with Gasteiger partial charge in [-0.15, -0.1) is 0 Å². The number of carbonyl (C=O) groups is 1. The Morgan fingerprint density at radius 1 is 0.974 bits per heavy atom. The Balaban J connectivity index is 0.859. The van der Waals surface area contributed by atoms with Crippen molar-refractivity contribution in [3.8, 4) is 17.4 Å². The van der Waals surface area contributed by atoms with Crippen LogP contribution in [0.2, 0.25) is 0 Å². The largest absolute Gasteiger partial charge is 0.758 e. The van der Waals surface area contributed by atoms with Crippen molar-refractivity contribution in [1.82, 2.24) is 24.5 Å². The van der Waals surface area contributed by atoms with E-state index in [-0.39, 0.29) is 51.3 Å². The van der Waals surface area contributed by atoms with Gasteiger partial charge in [0.05, 0.1) is 29.7 Å². The number of hydrogen-bond donors (Lipinski definition) is 3. The molecule has 4 aromatic rings. The van der Waals surface area contributed by atoms with Crippen LogP contribution in [0.4, 0.5) is 21.6 Å². The second-order valence-corrected chi connectivity index (χ2v) is 25.0. The quantitative estimate of drug-likeness (QED) is 0.0904. The number of nitrogens with one attached hydrogen (secondary N) is 2. The van der Waals surface area contributed by atoms with Gasteiger partial charge < -0.3 is 35.1 Å². The van der Waals surface area contributed by atoms with Gasteiger partial charge in [0.25, 0.3) is 21.8 Å². The number of hydroxylamine groups is 1. The molecule has 2 saturated heterocycles. The van der Waals surface area contributed by atoms with Crippen LogP contribution in [0.3, 0.4) is 0 Å². The molecule has 3 N–H and O–H groups in total. The highest BCUT2D eigenvalue weighted by Crippen LogP contribution is 2.54. The number of sulfonamides is 1. The molecule has 6 aliphatic rings. The molecule has 4 heterocycles. The molecule has 17 heteroatoms. The van der Waals surface area contributed by atoms with Crippen LogP contribution in [0.25, 0.3) is 11.4 Å². The monoisotopic (exact) mass is 1060 g/mol. The molecule has 4 aliphatic carbocycles. The number of anilines is 3. The minimum atomic E-state index is -4.60. The first kappa shape index (κ1) is 53.8. The highest BCUT2D eigenvalue weighted by Gasteiger charge is 2.50. The lowest BCUT2D eigenvalue weighted by Gasteiger charge is -2.58. The summed E-state index contributed by atoms with van der Waals surface area (Å²) in [7, 11) is -1.95. The SMILES string of the molecule is C=C1C=C(F)c2cc(Oc3cc(N4CCC5(CC4)CC(N4CCN(CC6CCCCC6)C[C@H]4c4ccccc4C(C)C)C5)ccc3C(=O)NS(=O)(=O)c3cnc(NCC4CCC(C)(O)CC4)c(N(C)[O-])c3)c(OC)nc21. The zero-order chi connectivity index (χ0) is 53.5. The third-order valence-corrected chi connectivity index (χ3v) is 18.9. The van der Waals surface area contributed by atoms with Gasteiger partial charge in [-0.2, -0.15) is 0 Å². The molecule has 2 aromatic heterocycles. The number of piperidine rings is 1. The van der Waals surface area contributed by atoms with Crippen LogP contribution in [-0.4, -0.2) is 111 Å². The molecule has 10 rings (SSSR count). The van der Waals surface area contributed by atoms with Crippen LogP contribution in [0, 0.1) is 22.5 Å². The molecule has 15 nitrogen and oxygen atoms in total. The molecule has 76 heavy (non-hydrogen) atoms. The zero-order valence-corrected chi connectivity index (χ0v) is 45.8. The summed E-state index contributed by atoms with van der Waals surface area (Å²) < 4.78 is 57.4. The number of aliphatic hydroxyl groups is 1. The molecule has 2 aromatic carbocycles. The second kappa shape index (κ2) is 22.0. The highest BCUT2D eigenvalue weighted by molar-refractivity contribution is 7.90. The van der Waals surface area contributed by atoms with Gasteiger partial charge in [-0.1, -0.05) is 64.0 Å². The van der Waals surface area contributed by atoms with Gasteiger partial charge in [0.2, 0.25) is 0 Å². The van der Waals surface area contributed by atoms with E-state index in [1.54, 1.807) is 12.1 Å². The zero-order valence-electron chi connectivity index (χ0n) is 45.0. The number of amides is 1. The summed E-state index contributed by atoms with van der Waals surface area (Å²) in [4.78, 5) is 30.6. The fourth-order valence-electron chi connectivity index (χ4n) is 13.1. The molecule has 0 bridgehead atoms. The van der Waals surface area contributed by atoms with Crippen molar-refractivity contribution in [2.75, 3.05) is 75.3 Å². The standard InChI is InChI=1S/C59H76FN8O7S/c1-38(2)45-14-10-11-15-46(45)51-37-66(36-41-12-8-7-9-13-41)26-27-68(51)43-32-59(33-43)22-24-67(25-23-59)42-16-17-47(52(29-42)75-53-31-48-49(60)28-39(3)54(48)63-57(53)74-6)56(69)64-76(72,73)44-30-50(65(5)71)55(62-35-44)61-34-40-18-20-58(4,70)21-19-40/h10-11,14-17,28-31,35,38,40-41,43,51,70H,3,7-9,12-13,18-27,32-34,36-37H2,1-2,4-6H3,(H,61,62)(H,64,69)/q-1/t40?,51-,58?/m0/s1. The van der Waals surface area contributed by atoms with Crippen molar-refractivity contribution in [1.29, 1.82) is 0 Å².